The van der Waals surface area contributed by atoms with Gasteiger partial charge in [0.15, 0.2) is 6.10 Å². The number of aliphatic hydroxyl groups excluding tert-OH is 2. The van der Waals surface area contributed by atoms with Gasteiger partial charge in [0.1, 0.15) is 12.6 Å². The van der Waals surface area contributed by atoms with Crippen LogP contribution in [0.4, 0.5) is 0 Å². The van der Waals surface area contributed by atoms with Gasteiger partial charge in [-0.3, -0.25) is 23.4 Å². The van der Waals surface area contributed by atoms with Crippen molar-refractivity contribution < 1.29 is 57.7 Å². The van der Waals surface area contributed by atoms with Crippen molar-refractivity contribution in [1.29, 1.82) is 0 Å². The lowest BCUT2D eigenvalue weighted by atomic mass is 10.0. The number of phosphoric acid groups is 1. The summed E-state index contributed by atoms with van der Waals surface area (Å²) in [4.78, 5) is 46.0. The van der Waals surface area contributed by atoms with Crippen molar-refractivity contribution in [2.24, 2.45) is 5.73 Å². The Morgan fingerprint density at radius 1 is 0.603 bits per heavy atom. The fourth-order valence-corrected chi connectivity index (χ4v) is 5.77. The fraction of sp³-hybridized carbons (Fsp3) is 0.614. The maximum Gasteiger partial charge on any atom is 0.472 e. The minimum atomic E-state index is -4.81. The van der Waals surface area contributed by atoms with Gasteiger partial charge in [-0.15, -0.1) is 0 Å². The molecule has 0 saturated carbocycles. The van der Waals surface area contributed by atoms with Crippen LogP contribution < -0.4 is 5.73 Å². The van der Waals surface area contributed by atoms with Crippen LogP contribution in [0.2, 0.25) is 0 Å². The Morgan fingerprint density at radius 3 is 1.66 bits per heavy atom. The van der Waals surface area contributed by atoms with Crippen LogP contribution in [0.15, 0.2) is 85.1 Å². The van der Waals surface area contributed by atoms with Gasteiger partial charge in [0.2, 0.25) is 0 Å². The Kier molecular flexibility index (Phi) is 35.6. The van der Waals surface area contributed by atoms with Crippen molar-refractivity contribution in [3.8, 4) is 0 Å². The molecule has 0 spiro atoms. The van der Waals surface area contributed by atoms with Gasteiger partial charge in [0.05, 0.1) is 25.4 Å². The van der Waals surface area contributed by atoms with Gasteiger partial charge in [-0.25, -0.2) is 4.57 Å². The summed E-state index contributed by atoms with van der Waals surface area (Å²) >= 11 is 0. The predicted molar refractivity (Wildman–Crippen MR) is 229 cm³/mol. The molecule has 0 rings (SSSR count). The number of carbonyl (C=O) groups excluding carboxylic acids is 2. The van der Waals surface area contributed by atoms with Gasteiger partial charge in [-0.05, 0) is 83.5 Å². The zero-order chi connectivity index (χ0) is 43.1. The number of nitrogens with two attached hydrogens (primary N) is 1. The largest absolute Gasteiger partial charge is 0.480 e. The van der Waals surface area contributed by atoms with E-state index in [2.05, 4.69) is 85.2 Å². The molecule has 0 saturated heterocycles. The average molecular weight is 838 g/mol. The number of carboxylic acids is 1. The quantitative estimate of drug-likeness (QED) is 0.0172. The molecule has 0 heterocycles. The van der Waals surface area contributed by atoms with Crippen LogP contribution in [0.25, 0.3) is 0 Å². The van der Waals surface area contributed by atoms with E-state index in [9.17, 15) is 34.1 Å². The summed E-state index contributed by atoms with van der Waals surface area (Å²) in [7, 11) is -4.81. The number of hydrogen-bond acceptors (Lipinski definition) is 11. The Bertz CT molecular complexity index is 1340. The highest BCUT2D eigenvalue weighted by atomic mass is 31.2. The number of carboxylic acid groups (broad SMARTS) is 1. The minimum absolute atomic E-state index is 0.106. The second-order valence-corrected chi connectivity index (χ2v) is 15.1. The maximum absolute atomic E-state index is 12.6. The third-order valence-electron chi connectivity index (χ3n) is 8.34. The van der Waals surface area contributed by atoms with E-state index in [1.807, 2.05) is 12.2 Å². The number of rotatable bonds is 37. The van der Waals surface area contributed by atoms with E-state index in [1.165, 1.54) is 0 Å². The van der Waals surface area contributed by atoms with Gasteiger partial charge in [0, 0.05) is 12.8 Å². The van der Waals surface area contributed by atoms with Crippen LogP contribution in [-0.2, 0) is 37.5 Å². The average Bonchev–Trinajstić information content (AvgIpc) is 3.19. The molecular weight excluding hydrogens is 765 g/mol. The van der Waals surface area contributed by atoms with E-state index in [-0.39, 0.29) is 32.1 Å². The molecule has 5 atom stereocenters. The highest BCUT2D eigenvalue weighted by Crippen LogP contribution is 2.43. The van der Waals surface area contributed by atoms with Crippen LogP contribution in [0.3, 0.4) is 0 Å². The molecule has 0 amide bonds. The van der Waals surface area contributed by atoms with E-state index in [0.29, 0.717) is 12.8 Å². The number of esters is 2. The molecule has 0 aliphatic carbocycles. The van der Waals surface area contributed by atoms with Gasteiger partial charge in [0.25, 0.3) is 0 Å². The molecule has 0 aliphatic rings. The third-order valence-corrected chi connectivity index (χ3v) is 9.29. The molecule has 0 fully saturated rings. The van der Waals surface area contributed by atoms with Crippen LogP contribution in [0, 0.1) is 0 Å². The molecule has 330 valence electrons. The van der Waals surface area contributed by atoms with E-state index >= 15 is 0 Å². The number of unbranched alkanes of at least 4 members (excludes halogenated alkanes) is 5. The number of aliphatic hydroxyl groups is 2. The molecule has 0 radical (unpaired) electrons. The lowest BCUT2D eigenvalue weighted by molar-refractivity contribution is -0.161. The number of ether oxygens (including phenoxy) is 2. The molecule has 13 nitrogen and oxygen atoms in total. The minimum Gasteiger partial charge on any atom is -0.480 e. The second kappa shape index (κ2) is 37.8. The SMILES string of the molecule is CC/C=C\C/C=C\C/C=C\C/C=C\C[C@@H](O)[C@H](O)CCCC(=O)O[C@H](COC(=O)CCCCCCC/C=C\C/C=C\C/C=C\CC)COP(=O)(O)OC[C@H](N)C(=O)O. The first-order valence-corrected chi connectivity index (χ1v) is 22.3. The summed E-state index contributed by atoms with van der Waals surface area (Å²) in [5.74, 6) is -2.74. The zero-order valence-electron chi connectivity index (χ0n) is 34.8. The Hall–Kier alpha value is -3.42. The van der Waals surface area contributed by atoms with Gasteiger partial charge < -0.3 is 35.4 Å². The Morgan fingerprint density at radius 2 is 1.09 bits per heavy atom. The van der Waals surface area contributed by atoms with Gasteiger partial charge >= 0.3 is 25.7 Å². The van der Waals surface area contributed by atoms with Gasteiger partial charge in [-0.1, -0.05) is 118 Å². The highest BCUT2D eigenvalue weighted by molar-refractivity contribution is 7.47. The maximum atomic E-state index is 12.6. The first-order valence-electron chi connectivity index (χ1n) is 20.8. The number of aliphatic carboxylic acids is 1. The normalized spacial score (nSPS) is 15.7. The van der Waals surface area contributed by atoms with E-state index < -0.39 is 69.9 Å². The van der Waals surface area contributed by atoms with Crippen molar-refractivity contribution >= 4 is 25.7 Å². The molecule has 0 bridgehead atoms. The summed E-state index contributed by atoms with van der Waals surface area (Å²) in [5, 5.41) is 29.6. The first kappa shape index (κ1) is 54.6. The Labute approximate surface area is 347 Å². The summed E-state index contributed by atoms with van der Waals surface area (Å²) in [5.41, 5.74) is 5.31. The van der Waals surface area contributed by atoms with Crippen LogP contribution in [0.5, 0.6) is 0 Å². The van der Waals surface area contributed by atoms with E-state index in [0.717, 1.165) is 70.6 Å². The first-order chi connectivity index (χ1) is 27.9. The van der Waals surface area contributed by atoms with Crippen LogP contribution in [0.1, 0.15) is 129 Å². The van der Waals surface area contributed by atoms with Crippen molar-refractivity contribution in [1.82, 2.24) is 0 Å². The lowest BCUT2D eigenvalue weighted by Gasteiger charge is -2.20. The lowest BCUT2D eigenvalue weighted by Crippen LogP contribution is -2.34. The van der Waals surface area contributed by atoms with Crippen molar-refractivity contribution in [3.63, 3.8) is 0 Å². The molecule has 6 N–H and O–H groups in total. The summed E-state index contributed by atoms with van der Waals surface area (Å²) in [6, 6.07) is -1.58. The van der Waals surface area contributed by atoms with Crippen molar-refractivity contribution in [3.05, 3.63) is 85.1 Å². The number of phosphoric ester groups is 1. The van der Waals surface area contributed by atoms with E-state index in [1.54, 1.807) is 6.08 Å². The molecule has 58 heavy (non-hydrogen) atoms. The Balaban J connectivity index is 4.69. The third kappa shape index (κ3) is 35.7. The fourth-order valence-electron chi connectivity index (χ4n) is 4.99. The van der Waals surface area contributed by atoms with Crippen LogP contribution >= 0.6 is 7.82 Å². The van der Waals surface area contributed by atoms with E-state index in [4.69, 9.17) is 24.8 Å². The smallest absolute Gasteiger partial charge is 0.472 e. The topological polar surface area (TPSA) is 212 Å². The molecule has 0 aliphatic heterocycles. The summed E-state index contributed by atoms with van der Waals surface area (Å²) < 4.78 is 32.4. The molecular formula is C44H72NO12P. The predicted octanol–water partition coefficient (Wildman–Crippen LogP) is 8.66. The second-order valence-electron chi connectivity index (χ2n) is 13.7. The number of carbonyl (C=O) groups is 3. The standard InChI is InChI=1S/C44H72NO12P/c1-3-5-7-9-11-13-15-17-18-19-21-23-25-27-29-33-42(48)54-35-38(36-55-58(52,53)56-37-39(45)44(50)51)57-43(49)34-30-32-41(47)40(46)31-28-26-24-22-20-16-14-12-10-8-6-4-2/h5-8,11-14,17-18,20,22,26,28,38-41,46-47H,3-4,9-10,15-16,19,21,23-25,27,29-37,45H2,1-2H3,(H,50,51)(H,52,53)/b7-5-,8-6-,13-11-,14-12-,18-17-,22-20-,28-26-/t38-,39+,40-,41-/m1/s1. The highest BCUT2D eigenvalue weighted by Gasteiger charge is 2.28. The molecule has 1 unspecified atom stereocenters. The number of allylic oxidation sites excluding steroid dienone is 13. The molecule has 0 aromatic heterocycles. The molecule has 14 heteroatoms. The summed E-state index contributed by atoms with van der Waals surface area (Å²) in [6.07, 6.45) is 38.2. The van der Waals surface area contributed by atoms with Crippen molar-refractivity contribution in [2.75, 3.05) is 19.8 Å². The monoisotopic (exact) mass is 837 g/mol. The summed E-state index contributed by atoms with van der Waals surface area (Å²) in [6.45, 7) is 2.23. The van der Waals surface area contributed by atoms with Gasteiger partial charge in [-0.2, -0.15) is 0 Å². The van der Waals surface area contributed by atoms with Crippen LogP contribution in [-0.4, -0.2) is 82.3 Å². The molecule has 0 aromatic carbocycles. The molecule has 0 aromatic rings. The van der Waals surface area contributed by atoms with Crippen molar-refractivity contribution in [2.45, 2.75) is 154 Å². The number of hydrogen-bond donors (Lipinski definition) is 5. The zero-order valence-corrected chi connectivity index (χ0v) is 35.7.